The van der Waals surface area contributed by atoms with E-state index in [1.165, 1.54) is 0 Å². The highest BCUT2D eigenvalue weighted by molar-refractivity contribution is 7.66. The lowest BCUT2D eigenvalue weighted by Gasteiger charge is -2.11. The first-order chi connectivity index (χ1) is 14.1. The second-order valence-corrected chi connectivity index (χ2v) is 8.10. The third kappa shape index (κ3) is 268. The number of nitrogens with two attached hydrogens (primary N) is 10. The number of rotatable bonds is 4. The number of nitrogens with one attached hydrogen (secondary N) is 5. The molecule has 0 saturated carbocycles. The van der Waals surface area contributed by atoms with Gasteiger partial charge < -0.3 is 81.8 Å². The van der Waals surface area contributed by atoms with Gasteiger partial charge in [0.1, 0.15) is 0 Å². The molecule has 0 radical (unpaired) electrons. The zero-order valence-electron chi connectivity index (χ0n) is 16.4. The Hall–Kier alpha value is -3.24. The molecule has 0 aliphatic carbocycles. The summed E-state index contributed by atoms with van der Waals surface area (Å²) in [6.07, 6.45) is 0. The number of phosphoric acid groups is 3. The highest BCUT2D eigenvalue weighted by atomic mass is 31.3. The number of hydrogen-bond acceptors (Lipinski definition) is 10. The van der Waals surface area contributed by atoms with Gasteiger partial charge in [-0.2, -0.15) is 8.62 Å². The average molecular weight is 553 g/mol. The molecule has 0 aromatic heterocycles. The average Bonchev–Trinajstić information content (AvgIpc) is 2.26. The molecular weight excluding hydrogens is 523 g/mol. The van der Waals surface area contributed by atoms with Gasteiger partial charge in [-0.25, -0.2) is 13.7 Å². The zero-order valence-corrected chi connectivity index (χ0v) is 19.1. The van der Waals surface area contributed by atoms with E-state index in [1.54, 1.807) is 0 Å². The fourth-order valence-electron chi connectivity index (χ4n) is 0.284. The summed E-state index contributed by atoms with van der Waals surface area (Å²) in [4.78, 5) is 40.2. The number of hydrogen-bond donors (Lipinski definition) is 20. The number of guanidine groups is 5. The minimum absolute atomic E-state index is 0.333. The zero-order chi connectivity index (χ0) is 28.8. The van der Waals surface area contributed by atoms with Gasteiger partial charge in [0, 0.05) is 0 Å². The van der Waals surface area contributed by atoms with E-state index in [0.717, 1.165) is 0 Å². The Morgan fingerprint density at radius 3 is 0.606 bits per heavy atom. The van der Waals surface area contributed by atoms with E-state index in [0.29, 0.717) is 0 Å². The molecule has 0 aromatic rings. The van der Waals surface area contributed by atoms with Crippen molar-refractivity contribution >= 4 is 53.3 Å². The van der Waals surface area contributed by atoms with Crippen molar-refractivity contribution in [1.29, 1.82) is 27.0 Å². The van der Waals surface area contributed by atoms with Gasteiger partial charge in [-0.15, -0.1) is 0 Å². The summed E-state index contributed by atoms with van der Waals surface area (Å²) in [6, 6.07) is 0. The molecule has 25 nitrogen and oxygen atoms in total. The van der Waals surface area contributed by atoms with Crippen molar-refractivity contribution in [2.24, 2.45) is 57.3 Å². The van der Waals surface area contributed by atoms with Gasteiger partial charge in [-0.05, 0) is 0 Å². The maximum Gasteiger partial charge on any atom is 0.490 e. The van der Waals surface area contributed by atoms with Gasteiger partial charge in [-0.3, -0.25) is 27.0 Å². The molecule has 28 heteroatoms. The lowest BCUT2D eigenvalue weighted by Crippen LogP contribution is -2.20. The second-order valence-electron chi connectivity index (χ2n) is 3.89. The lowest BCUT2D eigenvalue weighted by molar-refractivity contribution is 0.204. The van der Waals surface area contributed by atoms with Crippen LogP contribution in [-0.2, 0) is 22.3 Å². The van der Waals surface area contributed by atoms with Gasteiger partial charge in [0.05, 0.1) is 0 Å². The first-order valence-electron chi connectivity index (χ1n) is 6.41. The highest BCUT2D eigenvalue weighted by Gasteiger charge is 2.38. The van der Waals surface area contributed by atoms with E-state index in [9.17, 15) is 13.7 Å². The Morgan fingerprint density at radius 1 is 0.455 bits per heavy atom. The minimum Gasteiger partial charge on any atom is -0.370 e. The van der Waals surface area contributed by atoms with Crippen LogP contribution in [0.4, 0.5) is 0 Å². The molecule has 0 aromatic carbocycles. The molecule has 0 rings (SSSR count). The van der Waals surface area contributed by atoms with Crippen LogP contribution in [0.25, 0.3) is 0 Å². The van der Waals surface area contributed by atoms with Crippen LogP contribution in [0.3, 0.4) is 0 Å². The molecule has 0 unspecified atom stereocenters. The fourth-order valence-corrected chi connectivity index (χ4v) is 2.82. The summed E-state index contributed by atoms with van der Waals surface area (Å²) in [6.45, 7) is 0. The molecule has 0 heterocycles. The summed E-state index contributed by atoms with van der Waals surface area (Å²) in [7, 11) is -16.2. The highest BCUT2D eigenvalue weighted by Crippen LogP contribution is 2.64. The molecule has 0 bridgehead atoms. The molecule has 33 heavy (non-hydrogen) atoms. The molecular formula is C5H30N15O10P3. The summed E-state index contributed by atoms with van der Waals surface area (Å²) in [5.74, 6) is -1.67. The van der Waals surface area contributed by atoms with Crippen LogP contribution in [-0.4, -0.2) is 54.3 Å². The Morgan fingerprint density at radius 2 is 0.545 bits per heavy atom. The maximum atomic E-state index is 10.4. The van der Waals surface area contributed by atoms with Crippen LogP contribution in [0.2, 0.25) is 0 Å². The predicted molar refractivity (Wildman–Crippen MR) is 117 cm³/mol. The molecule has 0 aliphatic rings. The van der Waals surface area contributed by atoms with Crippen molar-refractivity contribution in [2.45, 2.75) is 0 Å². The van der Waals surface area contributed by atoms with Crippen LogP contribution in [0.1, 0.15) is 0 Å². The van der Waals surface area contributed by atoms with Crippen molar-refractivity contribution in [3.05, 3.63) is 0 Å². The van der Waals surface area contributed by atoms with Gasteiger partial charge in [0.2, 0.25) is 0 Å². The summed E-state index contributed by atoms with van der Waals surface area (Å²) in [5.41, 5.74) is 44.7. The van der Waals surface area contributed by atoms with Gasteiger partial charge >= 0.3 is 23.5 Å². The first kappa shape index (κ1) is 43.6. The molecule has 0 fully saturated rings. The molecule has 30 N–H and O–H groups in total. The van der Waals surface area contributed by atoms with Crippen LogP contribution in [0.5, 0.6) is 0 Å². The third-order valence-electron chi connectivity index (χ3n) is 0.419. The fraction of sp³-hybridized carbons (Fsp3) is 0. The lowest BCUT2D eigenvalue weighted by atomic mass is 11.1. The smallest absolute Gasteiger partial charge is 0.370 e. The quantitative estimate of drug-likeness (QED) is 0.0873. The van der Waals surface area contributed by atoms with Crippen LogP contribution in [0.15, 0.2) is 0 Å². The van der Waals surface area contributed by atoms with E-state index in [2.05, 4.69) is 66.0 Å². The Labute approximate surface area is 185 Å². The van der Waals surface area contributed by atoms with Crippen molar-refractivity contribution in [3.63, 3.8) is 0 Å². The predicted octanol–water partition coefficient (Wildman–Crippen LogP) is -6.50. The Balaban J connectivity index is -0.0000000754. The Kier molecular flexibility index (Phi) is 29.0. The molecule has 0 amide bonds. The minimum atomic E-state index is -5.46. The van der Waals surface area contributed by atoms with Crippen LogP contribution >= 0.6 is 23.5 Å². The molecule has 200 valence electrons. The standard InChI is InChI=1S/5CH5N3.H5O10P3/c5*2-1(3)4;1-11(2,3)9-13(7,8)10-12(4,5)6/h5*(H5,2,3,4);(H,7,8)(H2,1,2,3)(H2,4,5,6). The van der Waals surface area contributed by atoms with Gasteiger partial charge in [0.15, 0.2) is 29.8 Å². The first-order valence-corrected chi connectivity index (χ1v) is 11.0. The van der Waals surface area contributed by atoms with Crippen LogP contribution < -0.4 is 57.3 Å². The van der Waals surface area contributed by atoms with E-state index in [-0.39, 0.29) is 29.8 Å². The van der Waals surface area contributed by atoms with E-state index in [1.807, 2.05) is 0 Å². The van der Waals surface area contributed by atoms with Gasteiger partial charge in [-0.1, -0.05) is 0 Å². The normalized spacial score (nSPS) is 9.36. The van der Waals surface area contributed by atoms with Crippen molar-refractivity contribution in [1.82, 2.24) is 0 Å². The summed E-state index contributed by atoms with van der Waals surface area (Å²) >= 11 is 0. The van der Waals surface area contributed by atoms with Crippen molar-refractivity contribution in [2.75, 3.05) is 0 Å². The monoisotopic (exact) mass is 553 g/mol. The Bertz CT molecular complexity index is 629. The topological polar surface area (TPSA) is 550 Å². The largest absolute Gasteiger partial charge is 0.490 e. The molecule has 0 saturated heterocycles. The molecule has 0 aliphatic heterocycles. The van der Waals surface area contributed by atoms with Crippen LogP contribution in [0, 0.1) is 27.0 Å². The third-order valence-corrected chi connectivity index (χ3v) is 3.77. The maximum absolute atomic E-state index is 10.4. The van der Waals surface area contributed by atoms with E-state index >= 15 is 0 Å². The molecule has 0 spiro atoms. The SMILES string of the molecule is N=C(N)N.N=C(N)N.N=C(N)N.N=C(N)N.N=C(N)N.O=P(O)(O)OP(=O)(O)OP(=O)(O)O. The van der Waals surface area contributed by atoms with Crippen molar-refractivity contribution in [3.8, 4) is 0 Å². The van der Waals surface area contributed by atoms with E-state index in [4.69, 9.17) is 51.5 Å². The van der Waals surface area contributed by atoms with E-state index < -0.39 is 23.5 Å². The van der Waals surface area contributed by atoms with Crippen molar-refractivity contribution < 1.29 is 46.8 Å². The summed E-state index contributed by atoms with van der Waals surface area (Å²) in [5, 5.41) is 30.3. The van der Waals surface area contributed by atoms with Gasteiger partial charge in [0.25, 0.3) is 0 Å². The second kappa shape index (κ2) is 22.0. The molecule has 0 atom stereocenters. The summed E-state index contributed by atoms with van der Waals surface area (Å²) < 4.78 is 36.4.